The van der Waals surface area contributed by atoms with Gasteiger partial charge in [-0.3, -0.25) is 4.79 Å². The summed E-state index contributed by atoms with van der Waals surface area (Å²) in [6.45, 7) is 0.0953. The SMILES string of the molecule is NCCC(O)C(=O)N[C@@H]1C[C@H](N)[C@@H](O[C@H]2O[C@H](CO)CC[C@H]2N)[C@H](O[C@@H]2O[C@H](CO)[C@@H](O[C@H]3O[C@@H](CN)[C@@H](O)[C@H](O)[C@H]3N)[C@H]2OCCNCCc2ccccc2)[C@H]1O. The molecule has 0 aromatic heterocycles. The zero-order valence-electron chi connectivity index (χ0n) is 32.6. The number of nitrogens with one attached hydrogen (secondary N) is 2. The summed E-state index contributed by atoms with van der Waals surface area (Å²) in [5, 5.41) is 69.7. The number of hydrogen-bond acceptors (Lipinski definition) is 20. The number of carbonyl (C=O) groups excluding carboxylic acids is 1. The van der Waals surface area contributed by atoms with Crippen LogP contribution in [0.5, 0.6) is 0 Å². The van der Waals surface area contributed by atoms with Crippen molar-refractivity contribution in [1.29, 1.82) is 0 Å². The number of aliphatic hydroxyl groups is 6. The highest BCUT2D eigenvalue weighted by Crippen LogP contribution is 2.36. The van der Waals surface area contributed by atoms with Crippen molar-refractivity contribution in [2.75, 3.05) is 46.0 Å². The molecule has 4 aliphatic rings. The van der Waals surface area contributed by atoms with Gasteiger partial charge >= 0.3 is 0 Å². The fraction of sp³-hybridized carbons (Fsp3) is 0.811. The van der Waals surface area contributed by atoms with E-state index < -0.39 is 123 Å². The highest BCUT2D eigenvalue weighted by atomic mass is 16.8. The number of benzene rings is 1. The Morgan fingerprint density at radius 1 is 0.793 bits per heavy atom. The molecule has 3 heterocycles. The Labute approximate surface area is 337 Å². The molecule has 18 atom stereocenters. The van der Waals surface area contributed by atoms with E-state index in [1.165, 1.54) is 0 Å². The molecule has 1 saturated carbocycles. The molecule has 21 nitrogen and oxygen atoms in total. The number of nitrogens with two attached hydrogens (primary N) is 5. The molecule has 1 aromatic carbocycles. The lowest BCUT2D eigenvalue weighted by Crippen LogP contribution is -2.67. The van der Waals surface area contributed by atoms with Gasteiger partial charge in [0.05, 0.1) is 44.1 Å². The highest BCUT2D eigenvalue weighted by Gasteiger charge is 2.55. The lowest BCUT2D eigenvalue weighted by Gasteiger charge is -2.47. The molecule has 3 aliphatic heterocycles. The summed E-state index contributed by atoms with van der Waals surface area (Å²) in [5.74, 6) is -0.776. The number of rotatable bonds is 20. The molecule has 1 aromatic rings. The number of aliphatic hydroxyl groups excluding tert-OH is 6. The van der Waals surface area contributed by atoms with E-state index >= 15 is 0 Å². The molecule has 3 saturated heterocycles. The molecule has 58 heavy (non-hydrogen) atoms. The van der Waals surface area contributed by atoms with Crippen LogP contribution in [0.3, 0.4) is 0 Å². The topological polar surface area (TPSA) is 357 Å². The van der Waals surface area contributed by atoms with Gasteiger partial charge in [-0.25, -0.2) is 0 Å². The van der Waals surface area contributed by atoms with Crippen LogP contribution in [0.25, 0.3) is 0 Å². The Hall–Kier alpha value is -2.07. The van der Waals surface area contributed by atoms with Gasteiger partial charge in [-0.15, -0.1) is 0 Å². The molecule has 332 valence electrons. The third kappa shape index (κ3) is 11.8. The predicted molar refractivity (Wildman–Crippen MR) is 204 cm³/mol. The Kier molecular flexibility index (Phi) is 18.4. The molecule has 0 spiro atoms. The van der Waals surface area contributed by atoms with E-state index in [0.29, 0.717) is 25.9 Å². The van der Waals surface area contributed by atoms with E-state index in [1.54, 1.807) is 0 Å². The molecule has 4 fully saturated rings. The van der Waals surface area contributed by atoms with E-state index in [0.717, 1.165) is 12.0 Å². The van der Waals surface area contributed by atoms with Crippen molar-refractivity contribution in [2.24, 2.45) is 28.7 Å². The van der Waals surface area contributed by atoms with Gasteiger partial charge in [0.15, 0.2) is 18.9 Å². The predicted octanol–water partition coefficient (Wildman–Crippen LogP) is -6.08. The Morgan fingerprint density at radius 2 is 1.50 bits per heavy atom. The first-order valence-electron chi connectivity index (χ1n) is 20.1. The fourth-order valence-corrected chi connectivity index (χ4v) is 7.72. The van der Waals surface area contributed by atoms with Crippen molar-refractivity contribution >= 4 is 5.91 Å². The Balaban J connectivity index is 1.39. The van der Waals surface area contributed by atoms with Gasteiger partial charge in [-0.1, -0.05) is 30.3 Å². The largest absolute Gasteiger partial charge is 0.394 e. The van der Waals surface area contributed by atoms with Crippen molar-refractivity contribution in [3.63, 3.8) is 0 Å². The van der Waals surface area contributed by atoms with Crippen LogP contribution in [0.15, 0.2) is 30.3 Å². The Bertz CT molecular complexity index is 1360. The van der Waals surface area contributed by atoms with Crippen LogP contribution < -0.4 is 39.3 Å². The third-order valence-corrected chi connectivity index (χ3v) is 11.1. The number of amides is 1. The van der Waals surface area contributed by atoms with Crippen molar-refractivity contribution < 1.29 is 68.6 Å². The quantitative estimate of drug-likeness (QED) is 0.0544. The Morgan fingerprint density at radius 3 is 2.19 bits per heavy atom. The second-order valence-corrected chi connectivity index (χ2v) is 15.3. The van der Waals surface area contributed by atoms with Gasteiger partial charge in [0.25, 0.3) is 0 Å². The lowest BCUT2D eigenvalue weighted by molar-refractivity contribution is -0.294. The van der Waals surface area contributed by atoms with Gasteiger partial charge in [0, 0.05) is 19.1 Å². The maximum Gasteiger partial charge on any atom is 0.249 e. The highest BCUT2D eigenvalue weighted by molar-refractivity contribution is 5.80. The zero-order chi connectivity index (χ0) is 41.9. The van der Waals surface area contributed by atoms with Crippen molar-refractivity contribution in [2.45, 2.75) is 142 Å². The average Bonchev–Trinajstić information content (AvgIpc) is 3.55. The number of hydrogen-bond donors (Lipinski definition) is 13. The minimum Gasteiger partial charge on any atom is -0.394 e. The van der Waals surface area contributed by atoms with Crippen molar-refractivity contribution in [3.8, 4) is 0 Å². The molecule has 0 bridgehead atoms. The summed E-state index contributed by atoms with van der Waals surface area (Å²) < 4.78 is 43.5. The summed E-state index contributed by atoms with van der Waals surface area (Å²) >= 11 is 0. The minimum atomic E-state index is -1.53. The van der Waals surface area contributed by atoms with Gasteiger partial charge in [-0.05, 0) is 50.8 Å². The van der Waals surface area contributed by atoms with Crippen LogP contribution in [0.1, 0.15) is 31.2 Å². The normalized spacial score (nSPS) is 40.0. The van der Waals surface area contributed by atoms with Gasteiger partial charge < -0.3 is 103 Å². The summed E-state index contributed by atoms with van der Waals surface area (Å²) in [6.07, 6.45) is -15.5. The molecule has 1 aliphatic carbocycles. The smallest absolute Gasteiger partial charge is 0.249 e. The summed E-state index contributed by atoms with van der Waals surface area (Å²) in [6, 6.07) is 6.09. The molecule has 18 N–H and O–H groups in total. The van der Waals surface area contributed by atoms with E-state index in [1.807, 2.05) is 30.3 Å². The average molecular weight is 832 g/mol. The van der Waals surface area contributed by atoms with Crippen LogP contribution in [-0.4, -0.2) is 193 Å². The van der Waals surface area contributed by atoms with Crippen LogP contribution in [0.2, 0.25) is 0 Å². The first-order valence-corrected chi connectivity index (χ1v) is 20.1. The second-order valence-electron chi connectivity index (χ2n) is 15.3. The molecular formula is C37H65N7O14. The third-order valence-electron chi connectivity index (χ3n) is 11.1. The van der Waals surface area contributed by atoms with E-state index in [2.05, 4.69) is 10.6 Å². The minimum absolute atomic E-state index is 0.0172. The van der Waals surface area contributed by atoms with Crippen LogP contribution in [0.4, 0.5) is 0 Å². The monoisotopic (exact) mass is 831 g/mol. The van der Waals surface area contributed by atoms with Crippen LogP contribution in [-0.2, 0) is 44.4 Å². The first-order chi connectivity index (χ1) is 27.9. The molecule has 1 unspecified atom stereocenters. The van der Waals surface area contributed by atoms with Crippen molar-refractivity contribution in [1.82, 2.24) is 10.6 Å². The van der Waals surface area contributed by atoms with E-state index in [4.69, 9.17) is 61.8 Å². The summed E-state index contributed by atoms with van der Waals surface area (Å²) in [7, 11) is 0. The molecule has 1 amide bonds. The second kappa shape index (κ2) is 22.7. The molecule has 5 rings (SSSR count). The van der Waals surface area contributed by atoms with Crippen LogP contribution >= 0.6 is 0 Å². The molecular weight excluding hydrogens is 766 g/mol. The standard InChI is InChI=1S/C37H65N7O14/c38-10-8-23(47)34(51)44-22-14-21(41)30(56-35-20(40)7-6-19(16-45)53-35)32(27(22)48)58-37-33(52-13-12-43-11-9-18-4-2-1-3-5-18)31(25(17-46)55-37)57-36-26(42)29(50)28(49)24(15-39)54-36/h1-5,19-33,35-37,43,45-50H,6-17,38-42H2,(H,44,51)/t19-,20+,21-,22+,23?,24-,25+,26+,27-,28+,29+,30+,31+,32+,33+,35+,36+,37-/m0/s1. The van der Waals surface area contributed by atoms with E-state index in [-0.39, 0.29) is 39.1 Å². The number of ether oxygens (including phenoxy) is 7. The first kappa shape index (κ1) is 47.0. The van der Waals surface area contributed by atoms with Gasteiger partial charge in [0.1, 0.15) is 61.0 Å². The number of carbonyl (C=O) groups is 1. The lowest BCUT2D eigenvalue weighted by atomic mass is 9.83. The van der Waals surface area contributed by atoms with Crippen LogP contribution in [0, 0.1) is 0 Å². The summed E-state index contributed by atoms with van der Waals surface area (Å²) in [4.78, 5) is 12.9. The summed E-state index contributed by atoms with van der Waals surface area (Å²) in [5.41, 5.74) is 31.8. The zero-order valence-corrected chi connectivity index (χ0v) is 32.6. The fourth-order valence-electron chi connectivity index (χ4n) is 7.72. The van der Waals surface area contributed by atoms with Gasteiger partial charge in [-0.2, -0.15) is 0 Å². The maximum atomic E-state index is 12.9. The maximum absolute atomic E-state index is 12.9. The van der Waals surface area contributed by atoms with E-state index in [9.17, 15) is 35.4 Å². The van der Waals surface area contributed by atoms with Gasteiger partial charge in [0.2, 0.25) is 5.91 Å². The molecule has 0 radical (unpaired) electrons. The molecule has 21 heteroatoms. The van der Waals surface area contributed by atoms with Crippen molar-refractivity contribution in [3.05, 3.63) is 35.9 Å².